The molecule has 14 aromatic carbocycles. The highest BCUT2D eigenvalue weighted by Crippen LogP contribution is 2.47. The second-order valence-corrected chi connectivity index (χ2v) is 19.5. The lowest BCUT2D eigenvalue weighted by atomic mass is 9.86. The molecule has 16 rings (SSSR count). The standard InChI is InChI=1S/2C38H24O/c1-3-11-25(12-4-1)27-19-21-29-34-23-28(20-22-35(34)39-36(29)24-27)38-32-17-9-7-15-30(32)37(26-13-5-2-6-14-26)31-16-8-10-18-33(31)38;1-3-11-25(12-4-1)27-19-21-35-33(23-27)34-24-28(20-22-36(34)39-35)38-31-17-9-7-15-29(31)37(26-13-5-2-6-14-26)30-16-8-10-18-32(30)38/h2*1-24H/i2*2D,5D,6D,13D,14D. The maximum Gasteiger partial charge on any atom is 0.136 e. The summed E-state index contributed by atoms with van der Waals surface area (Å²) in [7, 11) is 0. The molecule has 0 radical (unpaired) electrons. The molecule has 0 saturated carbocycles. The van der Waals surface area contributed by atoms with Gasteiger partial charge in [0.05, 0.1) is 13.7 Å². The lowest BCUT2D eigenvalue weighted by molar-refractivity contribution is 0.668. The van der Waals surface area contributed by atoms with Crippen LogP contribution in [-0.4, -0.2) is 0 Å². The van der Waals surface area contributed by atoms with Crippen molar-refractivity contribution in [2.75, 3.05) is 0 Å². The molecule has 0 aliphatic rings. The quantitative estimate of drug-likeness (QED) is 0.155. The van der Waals surface area contributed by atoms with Crippen molar-refractivity contribution in [3.8, 4) is 66.8 Å². The van der Waals surface area contributed by atoms with Crippen LogP contribution in [0.4, 0.5) is 0 Å². The van der Waals surface area contributed by atoms with Gasteiger partial charge in [0, 0.05) is 21.5 Å². The first-order chi connectivity index (χ1) is 42.8. The molecule has 0 amide bonds. The summed E-state index contributed by atoms with van der Waals surface area (Å²) in [5, 5.41) is 11.1. The van der Waals surface area contributed by atoms with Gasteiger partial charge < -0.3 is 8.83 Å². The van der Waals surface area contributed by atoms with Crippen LogP contribution >= 0.6 is 0 Å². The zero-order valence-corrected chi connectivity index (χ0v) is 41.8. The van der Waals surface area contributed by atoms with Crippen molar-refractivity contribution in [3.63, 3.8) is 0 Å². The van der Waals surface area contributed by atoms with E-state index >= 15 is 0 Å². The zero-order chi connectivity index (χ0) is 60.2. The average Bonchev–Trinajstić information content (AvgIpc) is 0.822. The predicted octanol–water partition coefficient (Wildman–Crippen LogP) is 21.8. The molecular weight excluding hydrogens is 945 g/mol. The molecule has 0 aliphatic carbocycles. The van der Waals surface area contributed by atoms with E-state index in [9.17, 15) is 0 Å². The van der Waals surface area contributed by atoms with Gasteiger partial charge in [-0.25, -0.2) is 0 Å². The summed E-state index contributed by atoms with van der Waals surface area (Å²) in [5.41, 5.74) is 13.5. The van der Waals surface area contributed by atoms with Gasteiger partial charge in [-0.1, -0.05) is 242 Å². The third-order valence-corrected chi connectivity index (χ3v) is 15.1. The number of hydrogen-bond acceptors (Lipinski definition) is 2. The van der Waals surface area contributed by atoms with E-state index in [0.717, 1.165) is 131 Å². The van der Waals surface area contributed by atoms with Crippen LogP contribution in [0.25, 0.3) is 154 Å². The van der Waals surface area contributed by atoms with E-state index in [-0.39, 0.29) is 59.5 Å². The Morgan fingerprint density at radius 2 is 0.487 bits per heavy atom. The van der Waals surface area contributed by atoms with Gasteiger partial charge in [-0.2, -0.15) is 0 Å². The minimum absolute atomic E-state index is 0.208. The molecule has 0 aliphatic heterocycles. The van der Waals surface area contributed by atoms with Gasteiger partial charge in [-0.05, 0) is 158 Å². The van der Waals surface area contributed by atoms with Crippen LogP contribution in [-0.2, 0) is 0 Å². The summed E-state index contributed by atoms with van der Waals surface area (Å²) in [6.07, 6.45) is 0. The van der Waals surface area contributed by atoms with E-state index in [0.29, 0.717) is 11.1 Å². The van der Waals surface area contributed by atoms with Gasteiger partial charge in [0.1, 0.15) is 22.3 Å². The Morgan fingerprint density at radius 1 is 0.192 bits per heavy atom. The van der Waals surface area contributed by atoms with E-state index in [4.69, 9.17) is 22.5 Å². The van der Waals surface area contributed by atoms with Crippen molar-refractivity contribution in [2.24, 2.45) is 0 Å². The van der Waals surface area contributed by atoms with E-state index < -0.39 is 12.1 Å². The smallest absolute Gasteiger partial charge is 0.136 e. The van der Waals surface area contributed by atoms with E-state index in [2.05, 4.69) is 78.9 Å². The van der Waals surface area contributed by atoms with Crippen LogP contribution in [0.5, 0.6) is 0 Å². The van der Waals surface area contributed by atoms with Crippen molar-refractivity contribution in [1.82, 2.24) is 0 Å². The predicted molar refractivity (Wildman–Crippen MR) is 330 cm³/mol. The Bertz CT molecular complexity index is 5400. The Labute approximate surface area is 465 Å². The molecule has 0 bridgehead atoms. The molecule has 2 nitrogen and oxygen atoms in total. The van der Waals surface area contributed by atoms with Gasteiger partial charge in [-0.3, -0.25) is 0 Å². The van der Waals surface area contributed by atoms with Crippen LogP contribution in [0.15, 0.2) is 300 Å². The first kappa shape index (κ1) is 35.8. The van der Waals surface area contributed by atoms with Gasteiger partial charge in [0.2, 0.25) is 0 Å². The molecule has 16 aromatic rings. The van der Waals surface area contributed by atoms with Crippen molar-refractivity contribution in [3.05, 3.63) is 291 Å². The Morgan fingerprint density at radius 3 is 0.885 bits per heavy atom. The molecule has 0 fully saturated rings. The van der Waals surface area contributed by atoms with Crippen molar-refractivity contribution < 1.29 is 22.5 Å². The molecular formula is C76H48O2. The Balaban J connectivity index is 0.000000148. The van der Waals surface area contributed by atoms with Gasteiger partial charge >= 0.3 is 0 Å². The Hall–Kier alpha value is -10.3. The number of furan rings is 2. The molecule has 2 aromatic heterocycles. The van der Waals surface area contributed by atoms with Crippen molar-refractivity contribution >= 4 is 87.0 Å². The molecule has 2 heterocycles. The van der Waals surface area contributed by atoms with Gasteiger partial charge in [-0.15, -0.1) is 0 Å². The molecule has 0 saturated heterocycles. The Kier molecular flexibility index (Phi) is 8.65. The topological polar surface area (TPSA) is 26.3 Å². The molecule has 78 heavy (non-hydrogen) atoms. The minimum Gasteiger partial charge on any atom is -0.456 e. The zero-order valence-electron chi connectivity index (χ0n) is 51.8. The summed E-state index contributed by atoms with van der Waals surface area (Å²) in [6, 6.07) is 74.3. The van der Waals surface area contributed by atoms with Crippen LogP contribution in [0.1, 0.15) is 13.7 Å². The fraction of sp³-hybridized carbons (Fsp3) is 0. The third kappa shape index (κ3) is 7.65. The van der Waals surface area contributed by atoms with Crippen LogP contribution in [0, 0.1) is 0 Å². The first-order valence-electron chi connectivity index (χ1n) is 30.9. The molecule has 0 N–H and O–H groups in total. The monoisotopic (exact) mass is 1000 g/mol. The van der Waals surface area contributed by atoms with Crippen LogP contribution in [0.2, 0.25) is 0 Å². The van der Waals surface area contributed by atoms with E-state index in [1.54, 1.807) is 0 Å². The summed E-state index contributed by atoms with van der Waals surface area (Å²) in [6.45, 7) is 0. The largest absolute Gasteiger partial charge is 0.456 e. The number of benzene rings is 14. The second kappa shape index (κ2) is 18.8. The lowest BCUT2D eigenvalue weighted by Gasteiger charge is -2.17. The third-order valence-electron chi connectivity index (χ3n) is 15.1. The number of hydrogen-bond donors (Lipinski definition) is 0. The summed E-state index contributed by atoms with van der Waals surface area (Å²) < 4.78 is 97.4. The highest BCUT2D eigenvalue weighted by Gasteiger charge is 2.20. The second-order valence-electron chi connectivity index (χ2n) is 19.5. The maximum absolute atomic E-state index is 8.79. The summed E-state index contributed by atoms with van der Waals surface area (Å²) in [4.78, 5) is 0. The average molecular weight is 1000 g/mol. The maximum atomic E-state index is 8.79. The highest BCUT2D eigenvalue weighted by molar-refractivity contribution is 6.24. The molecule has 0 unspecified atom stereocenters. The first-order valence-corrected chi connectivity index (χ1v) is 25.9. The highest BCUT2D eigenvalue weighted by atomic mass is 16.3. The normalized spacial score (nSPS) is 13.4. The molecule has 2 heteroatoms. The molecule has 364 valence electrons. The number of rotatable bonds is 6. The van der Waals surface area contributed by atoms with Crippen molar-refractivity contribution in [1.29, 1.82) is 0 Å². The van der Waals surface area contributed by atoms with Crippen molar-refractivity contribution in [2.45, 2.75) is 0 Å². The molecule has 0 spiro atoms. The van der Waals surface area contributed by atoms with E-state index in [1.165, 1.54) is 0 Å². The molecule has 0 atom stereocenters. The number of fused-ring (bicyclic) bond motifs is 10. The van der Waals surface area contributed by atoms with E-state index in [1.807, 2.05) is 152 Å². The van der Waals surface area contributed by atoms with Crippen LogP contribution in [0.3, 0.4) is 0 Å². The SMILES string of the molecule is [2H]c1c([2H])c([2H])c(-c2c3ccccc3c(-c3ccc4oc5cc(-c6ccccc6)ccc5c4c3)c3ccccc23)c([2H])c1[2H].[2H]c1c([2H])c([2H])c(-c2c3ccccc3c(-c3ccc4oc5ccc(-c6ccccc6)cc5c4c3)c3ccccc23)c([2H])c1[2H]. The van der Waals surface area contributed by atoms with Crippen LogP contribution < -0.4 is 0 Å². The van der Waals surface area contributed by atoms with Gasteiger partial charge in [0.15, 0.2) is 0 Å². The fourth-order valence-corrected chi connectivity index (χ4v) is 11.7. The van der Waals surface area contributed by atoms with Gasteiger partial charge in [0.25, 0.3) is 0 Å². The fourth-order valence-electron chi connectivity index (χ4n) is 11.7. The lowest BCUT2D eigenvalue weighted by Crippen LogP contribution is -1.90. The summed E-state index contributed by atoms with van der Waals surface area (Å²) in [5.74, 6) is 0. The summed E-state index contributed by atoms with van der Waals surface area (Å²) >= 11 is 0. The minimum atomic E-state index is -0.398.